The number of nitrogens with zero attached hydrogens (tertiary/aromatic N) is 3. The molecule has 6 heteroatoms. The SMILES string of the molecule is COc1cccc(-c2nc(C3CCCN(C(=O)C4CCCC4)C3)no2)c1. The maximum Gasteiger partial charge on any atom is 0.258 e. The van der Waals surface area contributed by atoms with E-state index >= 15 is 0 Å². The summed E-state index contributed by atoms with van der Waals surface area (Å²) in [6.07, 6.45) is 6.44. The molecule has 138 valence electrons. The van der Waals surface area contributed by atoms with E-state index in [1.54, 1.807) is 7.11 Å². The van der Waals surface area contributed by atoms with Crippen LogP contribution >= 0.6 is 0 Å². The molecule has 1 aliphatic heterocycles. The molecule has 2 heterocycles. The Balaban J connectivity index is 1.47. The Hall–Kier alpha value is -2.37. The summed E-state index contributed by atoms with van der Waals surface area (Å²) in [7, 11) is 1.64. The summed E-state index contributed by atoms with van der Waals surface area (Å²) in [5.41, 5.74) is 0.845. The summed E-state index contributed by atoms with van der Waals surface area (Å²) in [4.78, 5) is 19.3. The van der Waals surface area contributed by atoms with Crippen molar-refractivity contribution in [2.75, 3.05) is 20.2 Å². The zero-order chi connectivity index (χ0) is 17.9. The van der Waals surface area contributed by atoms with Gasteiger partial charge < -0.3 is 14.2 Å². The number of rotatable bonds is 4. The van der Waals surface area contributed by atoms with Crippen molar-refractivity contribution in [3.63, 3.8) is 0 Å². The van der Waals surface area contributed by atoms with Gasteiger partial charge in [0.05, 0.1) is 7.11 Å². The quantitative estimate of drug-likeness (QED) is 0.837. The Labute approximate surface area is 153 Å². The van der Waals surface area contributed by atoms with Crippen LogP contribution in [0.5, 0.6) is 5.75 Å². The third-order valence-corrected chi connectivity index (χ3v) is 5.56. The molecule has 26 heavy (non-hydrogen) atoms. The Kier molecular flexibility index (Phi) is 4.91. The summed E-state index contributed by atoms with van der Waals surface area (Å²) in [5.74, 6) is 2.66. The second-order valence-electron chi connectivity index (χ2n) is 7.29. The van der Waals surface area contributed by atoms with Crippen molar-refractivity contribution in [3.05, 3.63) is 30.1 Å². The highest BCUT2D eigenvalue weighted by Gasteiger charge is 2.32. The van der Waals surface area contributed by atoms with E-state index in [0.29, 0.717) is 24.2 Å². The highest BCUT2D eigenvalue weighted by molar-refractivity contribution is 5.79. The molecule has 1 aromatic carbocycles. The van der Waals surface area contributed by atoms with Crippen LogP contribution in [0.2, 0.25) is 0 Å². The van der Waals surface area contributed by atoms with Gasteiger partial charge in [0.1, 0.15) is 5.75 Å². The van der Waals surface area contributed by atoms with E-state index in [2.05, 4.69) is 10.1 Å². The van der Waals surface area contributed by atoms with Crippen molar-refractivity contribution in [2.24, 2.45) is 5.92 Å². The van der Waals surface area contributed by atoms with Crippen molar-refractivity contribution in [2.45, 2.75) is 44.4 Å². The number of carbonyl (C=O) groups is 1. The van der Waals surface area contributed by atoms with E-state index in [1.807, 2.05) is 29.2 Å². The van der Waals surface area contributed by atoms with Gasteiger partial charge in [-0.2, -0.15) is 4.98 Å². The molecule has 1 saturated carbocycles. The number of likely N-dealkylation sites (tertiary alicyclic amines) is 1. The lowest BCUT2D eigenvalue weighted by Gasteiger charge is -2.33. The summed E-state index contributed by atoms with van der Waals surface area (Å²) in [6, 6.07) is 7.60. The third kappa shape index (κ3) is 3.45. The summed E-state index contributed by atoms with van der Waals surface area (Å²) in [6.45, 7) is 1.55. The van der Waals surface area contributed by atoms with Crippen molar-refractivity contribution in [3.8, 4) is 17.2 Å². The highest BCUT2D eigenvalue weighted by Crippen LogP contribution is 2.31. The third-order valence-electron chi connectivity index (χ3n) is 5.56. The molecule has 1 aliphatic carbocycles. The summed E-state index contributed by atoms with van der Waals surface area (Å²) in [5, 5.41) is 4.20. The van der Waals surface area contributed by atoms with Gasteiger partial charge in [-0.3, -0.25) is 4.79 Å². The number of hydrogen-bond acceptors (Lipinski definition) is 5. The van der Waals surface area contributed by atoms with Gasteiger partial charge in [-0.1, -0.05) is 24.1 Å². The van der Waals surface area contributed by atoms with Crippen molar-refractivity contribution < 1.29 is 14.1 Å². The fourth-order valence-electron chi connectivity index (χ4n) is 4.09. The van der Waals surface area contributed by atoms with Crippen LogP contribution < -0.4 is 4.74 Å². The first-order valence-corrected chi connectivity index (χ1v) is 9.51. The molecular formula is C20H25N3O3. The monoisotopic (exact) mass is 355 g/mol. The largest absolute Gasteiger partial charge is 0.497 e. The van der Waals surface area contributed by atoms with Crippen LogP contribution in [0, 0.1) is 5.92 Å². The smallest absolute Gasteiger partial charge is 0.258 e. The molecule has 0 bridgehead atoms. The lowest BCUT2D eigenvalue weighted by Crippen LogP contribution is -2.42. The number of ether oxygens (including phenoxy) is 1. The van der Waals surface area contributed by atoms with Crippen LogP contribution in [0.4, 0.5) is 0 Å². The highest BCUT2D eigenvalue weighted by atomic mass is 16.5. The molecule has 1 aromatic heterocycles. The van der Waals surface area contributed by atoms with Crippen molar-refractivity contribution >= 4 is 5.91 Å². The van der Waals surface area contributed by atoms with E-state index in [9.17, 15) is 4.79 Å². The van der Waals surface area contributed by atoms with Gasteiger partial charge in [0.15, 0.2) is 5.82 Å². The molecule has 0 radical (unpaired) electrons. The molecule has 2 fully saturated rings. The Morgan fingerprint density at radius 3 is 2.88 bits per heavy atom. The predicted octanol–water partition coefficient (Wildman–Crippen LogP) is 3.64. The number of piperidine rings is 1. The number of hydrogen-bond donors (Lipinski definition) is 0. The fourth-order valence-corrected chi connectivity index (χ4v) is 4.09. The van der Waals surface area contributed by atoms with E-state index in [0.717, 1.165) is 43.5 Å². The van der Waals surface area contributed by atoms with E-state index < -0.39 is 0 Å². The fraction of sp³-hybridized carbons (Fsp3) is 0.550. The van der Waals surface area contributed by atoms with Gasteiger partial charge in [-0.15, -0.1) is 0 Å². The second-order valence-corrected chi connectivity index (χ2v) is 7.29. The minimum absolute atomic E-state index is 0.150. The number of carbonyl (C=O) groups excluding carboxylic acids is 1. The number of aromatic nitrogens is 2. The topological polar surface area (TPSA) is 68.5 Å². The molecule has 0 spiro atoms. The molecule has 2 aromatic rings. The Morgan fingerprint density at radius 2 is 2.08 bits per heavy atom. The minimum Gasteiger partial charge on any atom is -0.497 e. The number of benzene rings is 1. The van der Waals surface area contributed by atoms with Crippen LogP contribution in [-0.4, -0.2) is 41.1 Å². The molecule has 6 nitrogen and oxygen atoms in total. The first-order valence-electron chi connectivity index (χ1n) is 9.51. The van der Waals surface area contributed by atoms with Gasteiger partial charge in [-0.05, 0) is 43.9 Å². The Bertz CT molecular complexity index is 767. The predicted molar refractivity (Wildman–Crippen MR) is 96.8 cm³/mol. The first kappa shape index (κ1) is 17.1. The molecule has 2 aliphatic rings. The average molecular weight is 355 g/mol. The van der Waals surface area contributed by atoms with Crippen LogP contribution in [0.1, 0.15) is 50.3 Å². The molecular weight excluding hydrogens is 330 g/mol. The van der Waals surface area contributed by atoms with Crippen LogP contribution in [0.15, 0.2) is 28.8 Å². The molecule has 1 atom stereocenters. The lowest BCUT2D eigenvalue weighted by molar-refractivity contribution is -0.136. The standard InChI is InChI=1S/C20H25N3O3/c1-25-17-10-4-8-15(12-17)19-21-18(22-26-19)16-9-5-11-23(13-16)20(24)14-6-2-3-7-14/h4,8,10,12,14,16H,2-3,5-7,9,11,13H2,1H3. The normalized spacial score (nSPS) is 21.1. The van der Waals surface area contributed by atoms with Gasteiger partial charge >= 0.3 is 0 Å². The molecule has 1 saturated heterocycles. The van der Waals surface area contributed by atoms with Crippen LogP contribution in [0.3, 0.4) is 0 Å². The van der Waals surface area contributed by atoms with Gasteiger partial charge in [0, 0.05) is 30.5 Å². The molecule has 1 unspecified atom stereocenters. The van der Waals surface area contributed by atoms with Crippen LogP contribution in [0.25, 0.3) is 11.5 Å². The molecule has 0 N–H and O–H groups in total. The van der Waals surface area contributed by atoms with Crippen molar-refractivity contribution in [1.29, 1.82) is 0 Å². The maximum absolute atomic E-state index is 12.7. The van der Waals surface area contributed by atoms with Crippen LogP contribution in [-0.2, 0) is 4.79 Å². The first-order chi connectivity index (χ1) is 12.7. The van der Waals surface area contributed by atoms with E-state index in [4.69, 9.17) is 9.26 Å². The molecule has 4 rings (SSSR count). The zero-order valence-corrected chi connectivity index (χ0v) is 15.2. The van der Waals surface area contributed by atoms with Gasteiger partial charge in [0.2, 0.25) is 5.91 Å². The zero-order valence-electron chi connectivity index (χ0n) is 15.2. The van der Waals surface area contributed by atoms with E-state index in [1.165, 1.54) is 12.8 Å². The van der Waals surface area contributed by atoms with E-state index in [-0.39, 0.29) is 11.8 Å². The van der Waals surface area contributed by atoms with Gasteiger partial charge in [0.25, 0.3) is 5.89 Å². The van der Waals surface area contributed by atoms with Gasteiger partial charge in [-0.25, -0.2) is 0 Å². The minimum atomic E-state index is 0.150. The summed E-state index contributed by atoms with van der Waals surface area (Å²) < 4.78 is 10.7. The average Bonchev–Trinajstić information content (AvgIpc) is 3.39. The number of methoxy groups -OCH3 is 1. The maximum atomic E-state index is 12.7. The Morgan fingerprint density at radius 1 is 1.23 bits per heavy atom. The summed E-state index contributed by atoms with van der Waals surface area (Å²) >= 11 is 0. The second kappa shape index (κ2) is 7.48. The number of amides is 1. The lowest BCUT2D eigenvalue weighted by atomic mass is 9.95. The van der Waals surface area contributed by atoms with Crippen molar-refractivity contribution in [1.82, 2.24) is 15.0 Å². The molecule has 1 amide bonds.